The van der Waals surface area contributed by atoms with Gasteiger partial charge in [-0.1, -0.05) is 19.1 Å². The molecule has 0 unspecified atom stereocenters. The van der Waals surface area contributed by atoms with Crippen LogP contribution in [0.3, 0.4) is 0 Å². The van der Waals surface area contributed by atoms with Crippen molar-refractivity contribution in [2.45, 2.75) is 19.2 Å². The molecule has 0 atom stereocenters. The number of alkyl halides is 1. The van der Waals surface area contributed by atoms with Gasteiger partial charge in [-0.05, 0) is 12.5 Å². The maximum atomic E-state index is 13.5. The third-order valence-electron chi connectivity index (χ3n) is 2.48. The van der Waals surface area contributed by atoms with Crippen LogP contribution >= 0.6 is 11.6 Å². The van der Waals surface area contributed by atoms with Crippen LogP contribution in [-0.2, 0) is 15.7 Å². The van der Waals surface area contributed by atoms with Crippen LogP contribution < -0.4 is 4.74 Å². The lowest BCUT2D eigenvalue weighted by Crippen LogP contribution is -2.12. The molecule has 0 radical (unpaired) electrons. The molecule has 0 heterocycles. The van der Waals surface area contributed by atoms with E-state index in [2.05, 4.69) is 0 Å². The van der Waals surface area contributed by atoms with E-state index in [1.165, 1.54) is 6.07 Å². The van der Waals surface area contributed by atoms with Crippen LogP contribution in [0.1, 0.15) is 18.9 Å². The summed E-state index contributed by atoms with van der Waals surface area (Å²) in [6.07, 6.45) is 0.340. The van der Waals surface area contributed by atoms with Crippen molar-refractivity contribution in [3.05, 3.63) is 29.6 Å². The first kappa shape index (κ1) is 15.2. The van der Waals surface area contributed by atoms with Crippen LogP contribution in [0.4, 0.5) is 4.39 Å². The van der Waals surface area contributed by atoms with Crippen LogP contribution in [0.25, 0.3) is 0 Å². The summed E-state index contributed by atoms with van der Waals surface area (Å²) in [5.41, 5.74) is 0.565. The number of sulfone groups is 1. The molecule has 0 spiro atoms. The number of hydrogen-bond donors (Lipinski definition) is 0. The first-order valence-electron chi connectivity index (χ1n) is 5.66. The van der Waals surface area contributed by atoms with Gasteiger partial charge in [0.15, 0.2) is 11.6 Å². The van der Waals surface area contributed by atoms with E-state index in [9.17, 15) is 12.8 Å². The van der Waals surface area contributed by atoms with E-state index < -0.39 is 15.7 Å². The third kappa shape index (κ3) is 4.46. The van der Waals surface area contributed by atoms with Crippen molar-refractivity contribution >= 4 is 21.4 Å². The zero-order valence-corrected chi connectivity index (χ0v) is 11.7. The summed E-state index contributed by atoms with van der Waals surface area (Å²) in [7, 11) is -3.00. The molecule has 0 bridgehead atoms. The second kappa shape index (κ2) is 6.95. The van der Waals surface area contributed by atoms with Gasteiger partial charge >= 0.3 is 0 Å². The van der Waals surface area contributed by atoms with E-state index in [-0.39, 0.29) is 29.7 Å². The Labute approximate surface area is 112 Å². The van der Waals surface area contributed by atoms with E-state index in [0.29, 0.717) is 12.0 Å². The molecule has 1 rings (SSSR count). The van der Waals surface area contributed by atoms with E-state index in [1.807, 2.05) is 0 Å². The van der Waals surface area contributed by atoms with Gasteiger partial charge in [0.1, 0.15) is 9.84 Å². The minimum absolute atomic E-state index is 0.0498. The molecule has 0 aliphatic rings. The number of hydrogen-bond acceptors (Lipinski definition) is 3. The van der Waals surface area contributed by atoms with Crippen molar-refractivity contribution in [3.8, 4) is 5.75 Å². The van der Waals surface area contributed by atoms with Crippen molar-refractivity contribution < 1.29 is 17.5 Å². The van der Waals surface area contributed by atoms with Gasteiger partial charge < -0.3 is 4.74 Å². The zero-order valence-electron chi connectivity index (χ0n) is 10.2. The molecule has 6 heteroatoms. The Balaban J connectivity index is 2.54. The number of para-hydroxylation sites is 1. The van der Waals surface area contributed by atoms with Gasteiger partial charge in [-0.25, -0.2) is 12.8 Å². The van der Waals surface area contributed by atoms with Crippen LogP contribution in [-0.4, -0.2) is 26.5 Å². The van der Waals surface area contributed by atoms with Gasteiger partial charge in [0.25, 0.3) is 0 Å². The summed E-state index contributed by atoms with van der Waals surface area (Å²) >= 11 is 5.67. The molecule has 1 aromatic carbocycles. The number of rotatable bonds is 7. The topological polar surface area (TPSA) is 43.4 Å². The van der Waals surface area contributed by atoms with Crippen LogP contribution in [0, 0.1) is 5.82 Å². The minimum Gasteiger partial charge on any atom is -0.490 e. The van der Waals surface area contributed by atoms with E-state index in [0.717, 1.165) is 0 Å². The second-order valence-electron chi connectivity index (χ2n) is 3.80. The Kier molecular flexibility index (Phi) is 5.88. The zero-order chi connectivity index (χ0) is 13.6. The average molecular weight is 295 g/mol. The van der Waals surface area contributed by atoms with E-state index >= 15 is 0 Å². The number of halogens is 2. The quantitative estimate of drug-likeness (QED) is 0.574. The maximum absolute atomic E-state index is 13.5. The Hall–Kier alpha value is -0.810. The predicted octanol–water partition coefficient (Wildman–Crippen LogP) is 2.77. The molecule has 102 valence electrons. The molecule has 0 aliphatic heterocycles. The van der Waals surface area contributed by atoms with Crippen molar-refractivity contribution in [2.75, 3.05) is 18.1 Å². The van der Waals surface area contributed by atoms with Gasteiger partial charge in [0.05, 0.1) is 18.2 Å². The van der Waals surface area contributed by atoms with Crippen molar-refractivity contribution in [2.24, 2.45) is 0 Å². The fraction of sp³-hybridized carbons (Fsp3) is 0.500. The normalized spacial score (nSPS) is 11.5. The molecule has 18 heavy (non-hydrogen) atoms. The van der Waals surface area contributed by atoms with Crippen molar-refractivity contribution in [1.29, 1.82) is 0 Å². The summed E-state index contributed by atoms with van der Waals surface area (Å²) in [6, 6.07) is 4.52. The van der Waals surface area contributed by atoms with Crippen molar-refractivity contribution in [1.82, 2.24) is 0 Å². The highest BCUT2D eigenvalue weighted by Crippen LogP contribution is 2.24. The van der Waals surface area contributed by atoms with Crippen LogP contribution in [0.15, 0.2) is 18.2 Å². The highest BCUT2D eigenvalue weighted by Gasteiger charge is 2.10. The fourth-order valence-corrected chi connectivity index (χ4v) is 2.47. The third-order valence-corrected chi connectivity index (χ3v) is 4.56. The van der Waals surface area contributed by atoms with E-state index in [1.54, 1.807) is 19.1 Å². The monoisotopic (exact) mass is 294 g/mol. The molecule has 0 fully saturated rings. The molecule has 3 nitrogen and oxygen atoms in total. The molecule has 0 aromatic heterocycles. The Morgan fingerprint density at radius 3 is 2.72 bits per heavy atom. The molecule has 0 amide bonds. The Morgan fingerprint density at radius 2 is 2.11 bits per heavy atom. The summed E-state index contributed by atoms with van der Waals surface area (Å²) in [5.74, 6) is -0.0541. The molecule has 0 N–H and O–H groups in total. The summed E-state index contributed by atoms with van der Waals surface area (Å²) in [5, 5.41) is 0. The lowest BCUT2D eigenvalue weighted by Gasteiger charge is -2.10. The number of benzene rings is 1. The molecular weight excluding hydrogens is 279 g/mol. The lowest BCUT2D eigenvalue weighted by atomic mass is 10.2. The smallest absolute Gasteiger partial charge is 0.165 e. The van der Waals surface area contributed by atoms with Gasteiger partial charge in [0, 0.05) is 11.3 Å². The molecule has 0 saturated carbocycles. The van der Waals surface area contributed by atoms with E-state index in [4.69, 9.17) is 16.3 Å². The lowest BCUT2D eigenvalue weighted by molar-refractivity contribution is 0.299. The van der Waals surface area contributed by atoms with Crippen LogP contribution in [0.5, 0.6) is 5.75 Å². The Bertz CT molecular complexity index is 488. The SMILES string of the molecule is CCS(=O)(=O)CCCOc1c(F)cccc1CCl. The molecular formula is C12H16ClFO3S. The summed E-state index contributed by atoms with van der Waals surface area (Å²) in [4.78, 5) is 0. The average Bonchev–Trinajstić information content (AvgIpc) is 2.36. The highest BCUT2D eigenvalue weighted by molar-refractivity contribution is 7.91. The van der Waals surface area contributed by atoms with Gasteiger partial charge in [-0.3, -0.25) is 0 Å². The van der Waals surface area contributed by atoms with Gasteiger partial charge in [0.2, 0.25) is 0 Å². The molecule has 0 aliphatic carbocycles. The van der Waals surface area contributed by atoms with Crippen LogP contribution in [0.2, 0.25) is 0 Å². The van der Waals surface area contributed by atoms with Crippen molar-refractivity contribution in [3.63, 3.8) is 0 Å². The largest absolute Gasteiger partial charge is 0.490 e. The van der Waals surface area contributed by atoms with Gasteiger partial charge in [-0.2, -0.15) is 0 Å². The number of ether oxygens (including phenoxy) is 1. The fourth-order valence-electron chi connectivity index (χ4n) is 1.42. The molecule has 1 aromatic rings. The second-order valence-corrected chi connectivity index (χ2v) is 6.54. The predicted molar refractivity (Wildman–Crippen MR) is 70.4 cm³/mol. The molecule has 0 saturated heterocycles. The Morgan fingerprint density at radius 1 is 1.39 bits per heavy atom. The first-order chi connectivity index (χ1) is 8.50. The summed E-state index contributed by atoms with van der Waals surface area (Å²) < 4.78 is 41.2. The highest BCUT2D eigenvalue weighted by atomic mass is 35.5. The van der Waals surface area contributed by atoms with Gasteiger partial charge in [-0.15, -0.1) is 11.6 Å². The summed E-state index contributed by atoms with van der Waals surface area (Å²) in [6.45, 7) is 1.75. The minimum atomic E-state index is -3.00. The first-order valence-corrected chi connectivity index (χ1v) is 8.02. The standard InChI is InChI=1S/C12H16ClFO3S/c1-2-18(15,16)8-4-7-17-12-10(9-13)5-3-6-11(12)14/h3,5-6H,2,4,7-9H2,1H3. The maximum Gasteiger partial charge on any atom is 0.165 e.